The fourth-order valence-corrected chi connectivity index (χ4v) is 2.75. The highest BCUT2D eigenvalue weighted by molar-refractivity contribution is 9.10. The van der Waals surface area contributed by atoms with Crippen molar-refractivity contribution in [1.29, 1.82) is 0 Å². The number of benzene rings is 1. The standard InChI is InChI=1S/C14H19BrN2O3/c1-20-13-7-11(4-5-12(13)15)16-14(19)17-6-2-3-10(8-17)9-18/h4-5,7,10,18H,2-3,6,8-9H2,1H3,(H,16,19)/t10-/m0/s1. The number of nitrogens with zero attached hydrogens (tertiary/aromatic N) is 1. The van der Waals surface area contributed by atoms with Gasteiger partial charge in [-0.3, -0.25) is 0 Å². The molecule has 6 heteroatoms. The van der Waals surface area contributed by atoms with Gasteiger partial charge in [0.1, 0.15) is 5.75 Å². The number of carbonyl (C=O) groups excluding carboxylic acids is 1. The highest BCUT2D eigenvalue weighted by Gasteiger charge is 2.23. The SMILES string of the molecule is COc1cc(NC(=O)N2CCC[C@H](CO)C2)ccc1Br. The zero-order chi connectivity index (χ0) is 14.5. The van der Waals surface area contributed by atoms with Crippen molar-refractivity contribution < 1.29 is 14.6 Å². The second kappa shape index (κ2) is 6.95. The Morgan fingerprint density at radius 2 is 2.40 bits per heavy atom. The summed E-state index contributed by atoms with van der Waals surface area (Å²) in [6.07, 6.45) is 1.91. The van der Waals surface area contributed by atoms with Crippen molar-refractivity contribution in [1.82, 2.24) is 4.90 Å². The Morgan fingerprint density at radius 1 is 1.60 bits per heavy atom. The predicted octanol–water partition coefficient (Wildman–Crippen LogP) is 2.69. The number of nitrogens with one attached hydrogen (secondary N) is 1. The fraction of sp³-hybridized carbons (Fsp3) is 0.500. The van der Waals surface area contributed by atoms with Crippen molar-refractivity contribution >= 4 is 27.6 Å². The minimum Gasteiger partial charge on any atom is -0.495 e. The minimum absolute atomic E-state index is 0.132. The number of aliphatic hydroxyl groups is 1. The van der Waals surface area contributed by atoms with E-state index in [9.17, 15) is 9.90 Å². The van der Waals surface area contributed by atoms with Gasteiger partial charge in [0.2, 0.25) is 0 Å². The summed E-state index contributed by atoms with van der Waals surface area (Å²) in [6.45, 7) is 1.47. The van der Waals surface area contributed by atoms with E-state index in [2.05, 4.69) is 21.2 Å². The minimum atomic E-state index is -0.132. The molecule has 2 amide bonds. The lowest BCUT2D eigenvalue weighted by atomic mass is 9.99. The molecule has 0 radical (unpaired) electrons. The summed E-state index contributed by atoms with van der Waals surface area (Å²) in [6, 6.07) is 5.29. The number of ether oxygens (including phenoxy) is 1. The third-order valence-electron chi connectivity index (χ3n) is 3.47. The van der Waals surface area contributed by atoms with Crippen LogP contribution in [-0.2, 0) is 0 Å². The molecule has 1 aliphatic rings. The Labute approximate surface area is 127 Å². The van der Waals surface area contributed by atoms with Crippen LogP contribution in [0, 0.1) is 5.92 Å². The number of amides is 2. The molecule has 0 bridgehead atoms. The first-order valence-electron chi connectivity index (χ1n) is 6.64. The van der Waals surface area contributed by atoms with E-state index in [0.29, 0.717) is 18.0 Å². The van der Waals surface area contributed by atoms with E-state index in [1.54, 1.807) is 18.1 Å². The van der Waals surface area contributed by atoms with E-state index >= 15 is 0 Å². The van der Waals surface area contributed by atoms with Crippen LogP contribution in [0.25, 0.3) is 0 Å². The predicted molar refractivity (Wildman–Crippen MR) is 81.1 cm³/mol. The van der Waals surface area contributed by atoms with E-state index in [1.165, 1.54) is 0 Å². The van der Waals surface area contributed by atoms with Crippen molar-refractivity contribution in [3.8, 4) is 5.75 Å². The summed E-state index contributed by atoms with van der Waals surface area (Å²) in [5.74, 6) is 0.864. The molecule has 1 saturated heterocycles. The Bertz CT molecular complexity index is 481. The van der Waals surface area contributed by atoms with Gasteiger partial charge in [0, 0.05) is 31.5 Å². The van der Waals surface area contributed by atoms with Crippen LogP contribution < -0.4 is 10.1 Å². The van der Waals surface area contributed by atoms with Crippen molar-refractivity contribution in [2.24, 2.45) is 5.92 Å². The van der Waals surface area contributed by atoms with Crippen LogP contribution >= 0.6 is 15.9 Å². The summed E-state index contributed by atoms with van der Waals surface area (Å²) in [5, 5.41) is 12.1. The zero-order valence-electron chi connectivity index (χ0n) is 11.4. The number of urea groups is 1. The van der Waals surface area contributed by atoms with Crippen molar-refractivity contribution in [3.63, 3.8) is 0 Å². The number of likely N-dealkylation sites (tertiary alicyclic amines) is 1. The molecule has 1 aromatic carbocycles. The van der Waals surface area contributed by atoms with Crippen LogP contribution in [-0.4, -0.2) is 42.8 Å². The molecule has 1 fully saturated rings. The molecule has 1 heterocycles. The fourth-order valence-electron chi connectivity index (χ4n) is 2.34. The monoisotopic (exact) mass is 342 g/mol. The van der Waals surface area contributed by atoms with Gasteiger partial charge in [0.15, 0.2) is 0 Å². The number of methoxy groups -OCH3 is 1. The van der Waals surface area contributed by atoms with Gasteiger partial charge >= 0.3 is 6.03 Å². The van der Waals surface area contributed by atoms with Gasteiger partial charge in [-0.2, -0.15) is 0 Å². The van der Waals surface area contributed by atoms with Crippen molar-refractivity contribution in [2.45, 2.75) is 12.8 Å². The van der Waals surface area contributed by atoms with E-state index in [-0.39, 0.29) is 18.6 Å². The van der Waals surface area contributed by atoms with Gasteiger partial charge in [0.05, 0.1) is 11.6 Å². The third-order valence-corrected chi connectivity index (χ3v) is 4.12. The number of halogens is 1. The molecular formula is C14H19BrN2O3. The second-order valence-corrected chi connectivity index (χ2v) is 5.77. The highest BCUT2D eigenvalue weighted by atomic mass is 79.9. The number of hydrogen-bond donors (Lipinski definition) is 2. The third kappa shape index (κ3) is 3.64. The number of aliphatic hydroxyl groups excluding tert-OH is 1. The van der Waals surface area contributed by atoms with E-state index in [1.807, 2.05) is 12.1 Å². The Hall–Kier alpha value is -1.27. The summed E-state index contributed by atoms with van der Waals surface area (Å²) in [4.78, 5) is 13.9. The van der Waals surface area contributed by atoms with Crippen LogP contribution in [0.15, 0.2) is 22.7 Å². The van der Waals surface area contributed by atoms with Crippen LogP contribution in [0.4, 0.5) is 10.5 Å². The highest BCUT2D eigenvalue weighted by Crippen LogP contribution is 2.28. The van der Waals surface area contributed by atoms with Gasteiger partial charge in [0.25, 0.3) is 0 Å². The van der Waals surface area contributed by atoms with Gasteiger partial charge in [-0.15, -0.1) is 0 Å². The summed E-state index contributed by atoms with van der Waals surface area (Å²) >= 11 is 3.37. The maximum Gasteiger partial charge on any atom is 0.321 e. The Kier molecular flexibility index (Phi) is 5.25. The largest absolute Gasteiger partial charge is 0.495 e. The maximum atomic E-state index is 12.2. The van der Waals surface area contributed by atoms with Gasteiger partial charge < -0.3 is 20.1 Å². The maximum absolute atomic E-state index is 12.2. The van der Waals surface area contributed by atoms with Crippen molar-refractivity contribution in [3.05, 3.63) is 22.7 Å². The number of piperidine rings is 1. The molecule has 0 spiro atoms. The van der Waals surface area contributed by atoms with Crippen LogP contribution in [0.3, 0.4) is 0 Å². The molecule has 2 N–H and O–H groups in total. The number of carbonyl (C=O) groups is 1. The van der Waals surface area contributed by atoms with E-state index in [4.69, 9.17) is 4.74 Å². The van der Waals surface area contributed by atoms with Gasteiger partial charge in [-0.25, -0.2) is 4.79 Å². The topological polar surface area (TPSA) is 61.8 Å². The first kappa shape index (κ1) is 15.1. The number of rotatable bonds is 3. The first-order valence-corrected chi connectivity index (χ1v) is 7.43. The lowest BCUT2D eigenvalue weighted by molar-refractivity contribution is 0.136. The molecule has 0 aromatic heterocycles. The van der Waals surface area contributed by atoms with Crippen LogP contribution in [0.1, 0.15) is 12.8 Å². The molecule has 5 nitrogen and oxygen atoms in total. The molecular weight excluding hydrogens is 324 g/mol. The molecule has 1 aromatic rings. The Morgan fingerprint density at radius 3 is 3.10 bits per heavy atom. The molecule has 0 unspecified atom stereocenters. The average Bonchev–Trinajstić information content (AvgIpc) is 2.49. The normalized spacial score (nSPS) is 18.8. The molecule has 0 aliphatic carbocycles. The first-order chi connectivity index (χ1) is 9.63. The molecule has 20 heavy (non-hydrogen) atoms. The molecule has 2 rings (SSSR count). The summed E-state index contributed by atoms with van der Waals surface area (Å²) in [5.41, 5.74) is 0.696. The lowest BCUT2D eigenvalue weighted by Gasteiger charge is -2.31. The number of anilines is 1. The van der Waals surface area contributed by atoms with Crippen molar-refractivity contribution in [2.75, 3.05) is 32.1 Å². The zero-order valence-corrected chi connectivity index (χ0v) is 13.0. The molecule has 1 atom stereocenters. The van der Waals surface area contributed by atoms with Crippen LogP contribution in [0.2, 0.25) is 0 Å². The van der Waals surface area contributed by atoms with Gasteiger partial charge in [-0.05, 0) is 46.8 Å². The molecule has 1 aliphatic heterocycles. The molecule has 0 saturated carbocycles. The summed E-state index contributed by atoms with van der Waals surface area (Å²) in [7, 11) is 1.59. The van der Waals surface area contributed by atoms with Crippen LogP contribution in [0.5, 0.6) is 5.75 Å². The van der Waals surface area contributed by atoms with Gasteiger partial charge in [-0.1, -0.05) is 0 Å². The summed E-state index contributed by atoms with van der Waals surface area (Å²) < 4.78 is 6.05. The Balaban J connectivity index is 2.00. The average molecular weight is 343 g/mol. The lowest BCUT2D eigenvalue weighted by Crippen LogP contribution is -2.43. The molecule has 110 valence electrons. The van der Waals surface area contributed by atoms with E-state index in [0.717, 1.165) is 23.9 Å². The second-order valence-electron chi connectivity index (χ2n) is 4.92. The van der Waals surface area contributed by atoms with E-state index < -0.39 is 0 Å². The quantitative estimate of drug-likeness (QED) is 0.887. The smallest absolute Gasteiger partial charge is 0.321 e. The number of hydrogen-bond acceptors (Lipinski definition) is 3.